The highest BCUT2D eigenvalue weighted by Gasteiger charge is 2.52. The molecule has 0 unspecified atom stereocenters. The summed E-state index contributed by atoms with van der Waals surface area (Å²) in [7, 11) is 1.85. The highest BCUT2D eigenvalue weighted by Crippen LogP contribution is 2.39. The van der Waals surface area contributed by atoms with Crippen LogP contribution in [-0.4, -0.2) is 35.8 Å². The van der Waals surface area contributed by atoms with Gasteiger partial charge in [-0.25, -0.2) is 8.78 Å². The summed E-state index contributed by atoms with van der Waals surface area (Å²) in [6.45, 7) is 4.03. The molecule has 0 aromatic heterocycles. The number of hydrogen-bond acceptors (Lipinski definition) is 4. The van der Waals surface area contributed by atoms with Crippen molar-refractivity contribution in [1.29, 1.82) is 0 Å². The van der Waals surface area contributed by atoms with Gasteiger partial charge in [0.1, 0.15) is 23.0 Å². The Bertz CT molecular complexity index is 1040. The molecule has 1 saturated heterocycles. The smallest absolute Gasteiger partial charge is 0.252 e. The van der Waals surface area contributed by atoms with Gasteiger partial charge in [0, 0.05) is 38.2 Å². The Morgan fingerprint density at radius 1 is 1.17 bits per heavy atom. The molecule has 2 amide bonds. The number of nitrogens with one attached hydrogen (secondary N) is 3. The maximum absolute atomic E-state index is 13.2. The van der Waals surface area contributed by atoms with E-state index in [2.05, 4.69) is 22.5 Å². The first-order valence-corrected chi connectivity index (χ1v) is 9.58. The van der Waals surface area contributed by atoms with Gasteiger partial charge in [0.2, 0.25) is 5.91 Å². The van der Waals surface area contributed by atoms with Crippen LogP contribution < -0.4 is 16.0 Å². The molecule has 3 N–H and O–H groups in total. The number of nitrogens with zero attached hydrogens (tertiary/aromatic N) is 1. The first-order valence-electron chi connectivity index (χ1n) is 9.58. The number of likely N-dealkylation sites (N-methyl/N-ethyl adjacent to an activating group) is 1. The van der Waals surface area contributed by atoms with Gasteiger partial charge in [0.25, 0.3) is 5.91 Å². The number of benzene rings is 2. The molecule has 8 heteroatoms. The van der Waals surface area contributed by atoms with Crippen LogP contribution in [0.1, 0.15) is 16.7 Å². The van der Waals surface area contributed by atoms with Gasteiger partial charge in [-0.3, -0.25) is 9.59 Å². The van der Waals surface area contributed by atoms with Crippen LogP contribution in [0.4, 0.5) is 14.5 Å². The lowest BCUT2D eigenvalue weighted by Gasteiger charge is -2.29. The van der Waals surface area contributed by atoms with E-state index < -0.39 is 17.2 Å². The molecule has 1 spiro atoms. The van der Waals surface area contributed by atoms with Gasteiger partial charge in [-0.2, -0.15) is 0 Å². The molecule has 156 valence electrons. The summed E-state index contributed by atoms with van der Waals surface area (Å²) in [4.78, 5) is 26.6. The van der Waals surface area contributed by atoms with Gasteiger partial charge < -0.3 is 20.9 Å². The Morgan fingerprint density at radius 2 is 1.87 bits per heavy atom. The Morgan fingerprint density at radius 3 is 2.53 bits per heavy atom. The van der Waals surface area contributed by atoms with E-state index in [4.69, 9.17) is 0 Å². The van der Waals surface area contributed by atoms with E-state index in [1.165, 1.54) is 12.1 Å². The summed E-state index contributed by atoms with van der Waals surface area (Å²) in [6.07, 6.45) is 1.13. The summed E-state index contributed by atoms with van der Waals surface area (Å²) in [5.74, 6) is -1.06. The maximum atomic E-state index is 13.2. The Balaban J connectivity index is 1.36. The van der Waals surface area contributed by atoms with Crippen LogP contribution in [0.15, 0.2) is 48.8 Å². The molecule has 2 aliphatic rings. The SMILES string of the molecule is C=C1NC(=O)[C@@]2(Cc3ccc(NC(=O)CNCc4cc(F)cc(F)c4)cc3C2)N1C. The van der Waals surface area contributed by atoms with E-state index in [1.54, 1.807) is 6.07 Å². The highest BCUT2D eigenvalue weighted by molar-refractivity contribution is 5.94. The van der Waals surface area contributed by atoms with Crippen LogP contribution in [0.2, 0.25) is 0 Å². The molecule has 6 nitrogen and oxygen atoms in total. The average molecular weight is 412 g/mol. The standard InChI is InChI=1S/C22H22F2N4O2/c1-13-26-21(30)22(28(13)2)9-15-3-4-19(7-16(15)10-22)27-20(29)12-25-11-14-5-17(23)8-18(24)6-14/h3-8,25H,1,9-12H2,2H3,(H,26,30)(H,27,29)/t22-/m0/s1. The Kier molecular flexibility index (Phi) is 5.03. The van der Waals surface area contributed by atoms with Crippen molar-refractivity contribution in [1.82, 2.24) is 15.5 Å². The normalized spacial score (nSPS) is 19.9. The van der Waals surface area contributed by atoms with E-state index >= 15 is 0 Å². The van der Waals surface area contributed by atoms with Crippen LogP contribution in [0.5, 0.6) is 0 Å². The minimum Gasteiger partial charge on any atom is -0.346 e. The summed E-state index contributed by atoms with van der Waals surface area (Å²) >= 11 is 0. The zero-order chi connectivity index (χ0) is 21.5. The van der Waals surface area contributed by atoms with E-state index in [0.29, 0.717) is 29.9 Å². The lowest BCUT2D eigenvalue weighted by molar-refractivity contribution is -0.125. The third kappa shape index (κ3) is 3.66. The zero-order valence-electron chi connectivity index (χ0n) is 16.5. The maximum Gasteiger partial charge on any atom is 0.252 e. The van der Waals surface area contributed by atoms with Crippen molar-refractivity contribution in [2.24, 2.45) is 0 Å². The van der Waals surface area contributed by atoms with Crippen molar-refractivity contribution in [3.63, 3.8) is 0 Å². The molecular weight excluding hydrogens is 390 g/mol. The van der Waals surface area contributed by atoms with Crippen LogP contribution in [0.25, 0.3) is 0 Å². The third-order valence-corrected chi connectivity index (χ3v) is 5.72. The number of halogens is 2. The van der Waals surface area contributed by atoms with Crippen molar-refractivity contribution in [3.05, 3.63) is 77.1 Å². The minimum absolute atomic E-state index is 0.00980. The van der Waals surface area contributed by atoms with Gasteiger partial charge in [0.15, 0.2) is 0 Å². The molecule has 1 heterocycles. The fraction of sp³-hybridized carbons (Fsp3) is 0.273. The molecule has 0 radical (unpaired) electrons. The minimum atomic E-state index is -0.663. The number of rotatable bonds is 5. The molecule has 1 atom stereocenters. The molecule has 1 aliphatic carbocycles. The molecule has 4 rings (SSSR count). The summed E-state index contributed by atoms with van der Waals surface area (Å²) < 4.78 is 26.4. The highest BCUT2D eigenvalue weighted by atomic mass is 19.1. The molecule has 0 saturated carbocycles. The van der Waals surface area contributed by atoms with Crippen LogP contribution in [-0.2, 0) is 29.0 Å². The molecular formula is C22H22F2N4O2. The van der Waals surface area contributed by atoms with Crippen molar-refractivity contribution in [2.75, 3.05) is 18.9 Å². The van der Waals surface area contributed by atoms with E-state index in [9.17, 15) is 18.4 Å². The second-order valence-electron chi connectivity index (χ2n) is 7.76. The molecule has 0 bridgehead atoms. The monoisotopic (exact) mass is 412 g/mol. The van der Waals surface area contributed by atoms with Gasteiger partial charge in [-0.1, -0.05) is 12.6 Å². The number of amides is 2. The fourth-order valence-corrected chi connectivity index (χ4v) is 4.11. The van der Waals surface area contributed by atoms with E-state index in [-0.39, 0.29) is 24.9 Å². The summed E-state index contributed by atoms with van der Waals surface area (Å²) in [5, 5.41) is 8.47. The first kappa shape index (κ1) is 20.0. The predicted octanol–water partition coefficient (Wildman–Crippen LogP) is 2.06. The quantitative estimate of drug-likeness (QED) is 0.703. The zero-order valence-corrected chi connectivity index (χ0v) is 16.5. The lowest BCUT2D eigenvalue weighted by Crippen LogP contribution is -2.47. The van der Waals surface area contributed by atoms with Crippen LogP contribution >= 0.6 is 0 Å². The number of fused-ring (bicyclic) bond motifs is 1. The molecule has 2 aromatic carbocycles. The largest absolute Gasteiger partial charge is 0.346 e. The second kappa shape index (κ2) is 7.53. The fourth-order valence-electron chi connectivity index (χ4n) is 4.11. The summed E-state index contributed by atoms with van der Waals surface area (Å²) in [6, 6.07) is 8.84. The van der Waals surface area contributed by atoms with Crippen LogP contribution in [0, 0.1) is 11.6 Å². The lowest BCUT2D eigenvalue weighted by atomic mass is 9.95. The van der Waals surface area contributed by atoms with Crippen LogP contribution in [0.3, 0.4) is 0 Å². The topological polar surface area (TPSA) is 73.5 Å². The molecule has 30 heavy (non-hydrogen) atoms. The second-order valence-corrected chi connectivity index (χ2v) is 7.76. The number of carbonyl (C=O) groups is 2. The van der Waals surface area contributed by atoms with Gasteiger partial charge in [-0.15, -0.1) is 0 Å². The number of anilines is 1. The molecule has 1 fully saturated rings. The van der Waals surface area contributed by atoms with Gasteiger partial charge in [-0.05, 0) is 41.0 Å². The molecule has 1 aliphatic heterocycles. The van der Waals surface area contributed by atoms with Crippen molar-refractivity contribution in [3.8, 4) is 0 Å². The van der Waals surface area contributed by atoms with Crippen molar-refractivity contribution >= 4 is 17.5 Å². The Labute approximate surface area is 173 Å². The third-order valence-electron chi connectivity index (χ3n) is 5.72. The number of hydrogen-bond donors (Lipinski definition) is 3. The van der Waals surface area contributed by atoms with Gasteiger partial charge in [0.05, 0.1) is 6.54 Å². The van der Waals surface area contributed by atoms with E-state index in [1.807, 2.05) is 24.1 Å². The Hall–Kier alpha value is -3.26. The van der Waals surface area contributed by atoms with Crippen molar-refractivity contribution < 1.29 is 18.4 Å². The first-order chi connectivity index (χ1) is 14.3. The van der Waals surface area contributed by atoms with Crippen molar-refractivity contribution in [2.45, 2.75) is 24.9 Å². The average Bonchev–Trinajstić information content (AvgIpc) is 3.14. The number of carbonyl (C=O) groups excluding carboxylic acids is 2. The van der Waals surface area contributed by atoms with Gasteiger partial charge >= 0.3 is 0 Å². The van der Waals surface area contributed by atoms with E-state index in [0.717, 1.165) is 17.2 Å². The summed E-state index contributed by atoms with van der Waals surface area (Å²) in [5.41, 5.74) is 2.46. The predicted molar refractivity (Wildman–Crippen MR) is 108 cm³/mol. The molecule has 2 aromatic rings.